The Bertz CT molecular complexity index is 447. The Morgan fingerprint density at radius 1 is 1.47 bits per heavy atom. The lowest BCUT2D eigenvalue weighted by Gasteiger charge is -2.18. The third-order valence-electron chi connectivity index (χ3n) is 2.81. The molecule has 0 saturated carbocycles. The predicted molar refractivity (Wildman–Crippen MR) is 71.5 cm³/mol. The van der Waals surface area contributed by atoms with Crippen LogP contribution in [0, 0.1) is 0 Å². The van der Waals surface area contributed by atoms with Crippen LogP contribution in [-0.4, -0.2) is 22.5 Å². The van der Waals surface area contributed by atoms with Gasteiger partial charge in [-0.15, -0.1) is 0 Å². The van der Waals surface area contributed by atoms with E-state index in [1.54, 1.807) is 0 Å². The Balaban J connectivity index is 2.14. The molecule has 0 unspecified atom stereocenters. The van der Waals surface area contributed by atoms with Gasteiger partial charge in [-0.2, -0.15) is 0 Å². The quantitative estimate of drug-likeness (QED) is 0.796. The Morgan fingerprint density at radius 2 is 2.24 bits per heavy atom. The number of carbonyl (C=O) groups is 1. The molecule has 0 aliphatic carbocycles. The zero-order valence-electron chi connectivity index (χ0n) is 9.48. The number of anilines is 1. The average molecular weight is 249 g/mol. The van der Waals surface area contributed by atoms with Crippen LogP contribution in [0.25, 0.3) is 0 Å². The van der Waals surface area contributed by atoms with E-state index in [2.05, 4.69) is 5.32 Å². The zero-order valence-corrected chi connectivity index (χ0v) is 10.3. The van der Waals surface area contributed by atoms with E-state index in [9.17, 15) is 4.79 Å². The van der Waals surface area contributed by atoms with Crippen LogP contribution >= 0.6 is 12.2 Å². The third kappa shape index (κ3) is 2.94. The summed E-state index contributed by atoms with van der Waals surface area (Å²) in [7, 11) is 0. The fourth-order valence-electron chi connectivity index (χ4n) is 1.99. The van der Waals surface area contributed by atoms with Crippen LogP contribution in [0.5, 0.6) is 0 Å². The molecule has 3 N–H and O–H groups in total. The molecule has 0 aromatic heterocycles. The lowest BCUT2D eigenvalue weighted by Crippen LogP contribution is -2.25. The molecule has 5 heteroatoms. The first-order valence-corrected chi connectivity index (χ1v) is 6.00. The highest BCUT2D eigenvalue weighted by molar-refractivity contribution is 7.80. The van der Waals surface area contributed by atoms with Gasteiger partial charge in [0.15, 0.2) is 5.11 Å². The third-order valence-corrected chi connectivity index (χ3v) is 2.91. The Labute approximate surface area is 106 Å². The van der Waals surface area contributed by atoms with Gasteiger partial charge >= 0.3 is 0 Å². The molecular formula is C12H15N3OS. The van der Waals surface area contributed by atoms with Crippen molar-refractivity contribution < 1.29 is 4.79 Å². The van der Waals surface area contributed by atoms with Crippen molar-refractivity contribution in [1.82, 2.24) is 4.90 Å². The van der Waals surface area contributed by atoms with E-state index < -0.39 is 0 Å². The van der Waals surface area contributed by atoms with E-state index in [0.717, 1.165) is 24.2 Å². The van der Waals surface area contributed by atoms with Gasteiger partial charge in [0.2, 0.25) is 5.91 Å². The number of likely N-dealkylation sites (tertiary alicyclic amines) is 1. The Hall–Kier alpha value is -1.62. The van der Waals surface area contributed by atoms with Crippen molar-refractivity contribution in [2.24, 2.45) is 5.73 Å². The van der Waals surface area contributed by atoms with Gasteiger partial charge in [0.05, 0.1) is 0 Å². The first-order valence-electron chi connectivity index (χ1n) is 5.59. The molecule has 0 atom stereocenters. The second-order valence-electron chi connectivity index (χ2n) is 4.07. The molecule has 1 aromatic rings. The highest BCUT2D eigenvalue weighted by Crippen LogP contribution is 2.20. The summed E-state index contributed by atoms with van der Waals surface area (Å²) in [4.78, 5) is 13.4. The van der Waals surface area contributed by atoms with E-state index in [-0.39, 0.29) is 11.0 Å². The van der Waals surface area contributed by atoms with Gasteiger partial charge in [0, 0.05) is 25.2 Å². The number of nitrogens with one attached hydrogen (secondary N) is 1. The Morgan fingerprint density at radius 3 is 2.88 bits per heavy atom. The normalized spacial score (nSPS) is 15.1. The van der Waals surface area contributed by atoms with E-state index >= 15 is 0 Å². The molecule has 1 aliphatic rings. The number of thiocarbonyl (C=S) groups is 1. The topological polar surface area (TPSA) is 58.4 Å². The predicted octanol–water partition coefficient (Wildman–Crippen LogP) is 1.46. The van der Waals surface area contributed by atoms with Gasteiger partial charge in [-0.25, -0.2) is 0 Å². The maximum absolute atomic E-state index is 11.6. The summed E-state index contributed by atoms with van der Waals surface area (Å²) in [5, 5.41) is 3.17. The molecule has 1 fully saturated rings. The van der Waals surface area contributed by atoms with Crippen molar-refractivity contribution in [3.63, 3.8) is 0 Å². The van der Waals surface area contributed by atoms with Gasteiger partial charge in [-0.05, 0) is 30.3 Å². The van der Waals surface area contributed by atoms with Crippen molar-refractivity contribution >= 4 is 28.9 Å². The van der Waals surface area contributed by atoms with Crippen molar-refractivity contribution in [3.05, 3.63) is 29.8 Å². The van der Waals surface area contributed by atoms with Crippen LogP contribution in [0.2, 0.25) is 0 Å². The number of nitrogens with zero attached hydrogens (tertiary/aromatic N) is 1. The van der Waals surface area contributed by atoms with Crippen LogP contribution in [0.15, 0.2) is 24.3 Å². The van der Waals surface area contributed by atoms with Gasteiger partial charge in [0.25, 0.3) is 0 Å². The summed E-state index contributed by atoms with van der Waals surface area (Å²) in [6.07, 6.45) is 1.61. The van der Waals surface area contributed by atoms with Gasteiger partial charge in [-0.3, -0.25) is 4.79 Å². The highest BCUT2D eigenvalue weighted by atomic mass is 32.1. The molecule has 0 radical (unpaired) electrons. The van der Waals surface area contributed by atoms with Crippen molar-refractivity contribution in [1.29, 1.82) is 0 Å². The van der Waals surface area contributed by atoms with Crippen molar-refractivity contribution in [3.8, 4) is 0 Å². The first kappa shape index (κ1) is 11.9. The molecule has 90 valence electrons. The summed E-state index contributed by atoms with van der Waals surface area (Å²) in [6.45, 7) is 1.45. The molecule has 0 bridgehead atoms. The first-order chi connectivity index (χ1) is 8.16. The highest BCUT2D eigenvalue weighted by Gasteiger charge is 2.20. The lowest BCUT2D eigenvalue weighted by molar-refractivity contribution is -0.128. The minimum Gasteiger partial charge on any atom is -0.376 e. The molecule has 1 amide bonds. The van der Waals surface area contributed by atoms with E-state index in [1.807, 2.05) is 29.2 Å². The fourth-order valence-corrected chi connectivity index (χ4v) is 2.10. The lowest BCUT2D eigenvalue weighted by atomic mass is 10.1. The number of para-hydroxylation sites is 1. The molecule has 17 heavy (non-hydrogen) atoms. The van der Waals surface area contributed by atoms with Crippen LogP contribution in [-0.2, 0) is 11.3 Å². The molecule has 1 aliphatic heterocycles. The van der Waals surface area contributed by atoms with Crippen molar-refractivity contribution in [2.45, 2.75) is 19.4 Å². The number of benzene rings is 1. The van der Waals surface area contributed by atoms with E-state index in [1.165, 1.54) is 0 Å². The summed E-state index contributed by atoms with van der Waals surface area (Å²) in [6, 6.07) is 7.75. The molecule has 4 nitrogen and oxygen atoms in total. The molecular weight excluding hydrogens is 234 g/mol. The van der Waals surface area contributed by atoms with Gasteiger partial charge in [0.1, 0.15) is 0 Å². The van der Waals surface area contributed by atoms with Crippen LogP contribution < -0.4 is 11.1 Å². The second-order valence-corrected chi connectivity index (χ2v) is 4.51. The monoisotopic (exact) mass is 249 g/mol. The maximum atomic E-state index is 11.6. The van der Waals surface area contributed by atoms with Crippen molar-refractivity contribution in [2.75, 3.05) is 11.9 Å². The second kappa shape index (κ2) is 5.14. The van der Waals surface area contributed by atoms with Gasteiger partial charge < -0.3 is 16.0 Å². The zero-order chi connectivity index (χ0) is 12.3. The smallest absolute Gasteiger partial charge is 0.222 e. The number of rotatable bonds is 3. The maximum Gasteiger partial charge on any atom is 0.222 e. The van der Waals surface area contributed by atoms with Crippen LogP contribution in [0.4, 0.5) is 5.69 Å². The summed E-state index contributed by atoms with van der Waals surface area (Å²) < 4.78 is 0. The minimum atomic E-state index is 0.218. The van der Waals surface area contributed by atoms with Gasteiger partial charge in [-0.1, -0.05) is 18.2 Å². The molecule has 2 rings (SSSR count). The number of carbonyl (C=O) groups excluding carboxylic acids is 1. The van der Waals surface area contributed by atoms with E-state index in [4.69, 9.17) is 18.0 Å². The van der Waals surface area contributed by atoms with Crippen LogP contribution in [0.3, 0.4) is 0 Å². The average Bonchev–Trinajstić information content (AvgIpc) is 2.67. The van der Waals surface area contributed by atoms with E-state index in [0.29, 0.717) is 13.0 Å². The molecule has 1 heterocycles. The molecule has 1 saturated heterocycles. The number of nitrogens with two attached hydrogens (primary N) is 1. The minimum absolute atomic E-state index is 0.218. The number of hydrogen-bond acceptors (Lipinski definition) is 2. The SMILES string of the molecule is NC(=S)Nc1ccccc1CN1CCCC1=O. The number of hydrogen-bond donors (Lipinski definition) is 2. The standard InChI is InChI=1S/C12H15N3OS/c13-12(17)14-10-5-2-1-4-9(10)8-15-7-3-6-11(15)16/h1-2,4-5H,3,6-8H2,(H3,13,14,17). The van der Waals surface area contributed by atoms with Crippen LogP contribution in [0.1, 0.15) is 18.4 Å². The fraction of sp³-hybridized carbons (Fsp3) is 0.333. The largest absolute Gasteiger partial charge is 0.376 e. The summed E-state index contributed by atoms with van der Waals surface area (Å²) in [5.74, 6) is 0.218. The summed E-state index contributed by atoms with van der Waals surface area (Å²) >= 11 is 4.83. The Kier molecular flexibility index (Phi) is 3.58. The molecule has 0 spiro atoms. The number of amides is 1. The summed E-state index contributed by atoms with van der Waals surface area (Å²) in [5.41, 5.74) is 7.38. The molecule has 1 aromatic carbocycles.